The highest BCUT2D eigenvalue weighted by Gasteiger charge is 2.41. The molecule has 0 aromatic heterocycles. The van der Waals surface area contributed by atoms with Gasteiger partial charge in [0.15, 0.2) is 0 Å². The average molecular weight is 437 g/mol. The van der Waals surface area contributed by atoms with Gasteiger partial charge in [-0.2, -0.15) is 0 Å². The number of benzene rings is 2. The molecule has 0 bridgehead atoms. The Morgan fingerprint density at radius 2 is 1.56 bits per heavy atom. The number of rotatable bonds is 7. The van der Waals surface area contributed by atoms with Gasteiger partial charge in [-0.1, -0.05) is 24.3 Å². The van der Waals surface area contributed by atoms with Crippen LogP contribution >= 0.6 is 0 Å². The first kappa shape index (κ1) is 22.1. The van der Waals surface area contributed by atoms with Gasteiger partial charge in [0.2, 0.25) is 0 Å². The second-order valence-electron chi connectivity index (χ2n) is 8.60. The topological polar surface area (TPSA) is 49.9 Å². The molecule has 2 aromatic rings. The summed E-state index contributed by atoms with van der Waals surface area (Å²) < 4.78 is 18.9. The molecule has 2 aromatic carbocycles. The molecule has 2 heterocycles. The van der Waals surface area contributed by atoms with Gasteiger partial charge in [-0.3, -0.25) is 14.5 Å². The second kappa shape index (κ2) is 9.55. The van der Waals surface area contributed by atoms with Gasteiger partial charge >= 0.3 is 0 Å². The van der Waals surface area contributed by atoms with Crippen LogP contribution in [0.15, 0.2) is 54.2 Å². The minimum atomic E-state index is -0.302. The van der Waals surface area contributed by atoms with Gasteiger partial charge in [0.05, 0.1) is 11.7 Å². The highest BCUT2D eigenvalue weighted by molar-refractivity contribution is 6.35. The highest BCUT2D eigenvalue weighted by atomic mass is 19.1. The number of piperidine rings is 1. The molecule has 0 N–H and O–H groups in total. The summed E-state index contributed by atoms with van der Waals surface area (Å²) in [6.45, 7) is 5.74. The van der Waals surface area contributed by atoms with Gasteiger partial charge in [-0.25, -0.2) is 4.39 Å². The molecule has 1 saturated heterocycles. The lowest BCUT2D eigenvalue weighted by Gasteiger charge is -2.29. The monoisotopic (exact) mass is 436 g/mol. The second-order valence-corrected chi connectivity index (χ2v) is 8.60. The van der Waals surface area contributed by atoms with Crippen molar-refractivity contribution in [2.45, 2.75) is 45.6 Å². The van der Waals surface area contributed by atoms with E-state index in [9.17, 15) is 14.0 Å². The quantitative estimate of drug-likeness (QED) is 0.603. The lowest BCUT2D eigenvalue weighted by molar-refractivity contribution is -0.137. The molecule has 2 aliphatic heterocycles. The maximum Gasteiger partial charge on any atom is 0.277 e. The summed E-state index contributed by atoms with van der Waals surface area (Å²) in [4.78, 5) is 30.2. The zero-order chi connectivity index (χ0) is 22.7. The van der Waals surface area contributed by atoms with E-state index in [1.807, 2.05) is 38.1 Å². The summed E-state index contributed by atoms with van der Waals surface area (Å²) in [5.41, 5.74) is 2.58. The Morgan fingerprint density at radius 1 is 0.906 bits per heavy atom. The van der Waals surface area contributed by atoms with E-state index in [0.29, 0.717) is 17.7 Å². The van der Waals surface area contributed by atoms with E-state index in [-0.39, 0.29) is 30.3 Å². The fraction of sp³-hybridized carbons (Fsp3) is 0.385. The molecular formula is C26H29FN2O3. The molecule has 4 rings (SSSR count). The minimum Gasteiger partial charge on any atom is -0.491 e. The van der Waals surface area contributed by atoms with Gasteiger partial charge in [0.1, 0.15) is 17.3 Å². The number of nitrogens with zero attached hydrogens (tertiary/aromatic N) is 2. The lowest BCUT2D eigenvalue weighted by Crippen LogP contribution is -2.38. The smallest absolute Gasteiger partial charge is 0.277 e. The predicted octanol–water partition coefficient (Wildman–Crippen LogP) is 4.42. The first-order chi connectivity index (χ1) is 15.4. The van der Waals surface area contributed by atoms with E-state index in [1.165, 1.54) is 17.0 Å². The van der Waals surface area contributed by atoms with Crippen molar-refractivity contribution in [2.24, 2.45) is 0 Å². The highest BCUT2D eigenvalue weighted by Crippen LogP contribution is 2.34. The predicted molar refractivity (Wildman–Crippen MR) is 121 cm³/mol. The van der Waals surface area contributed by atoms with E-state index in [1.54, 1.807) is 12.1 Å². The van der Waals surface area contributed by atoms with E-state index < -0.39 is 0 Å². The molecule has 6 heteroatoms. The summed E-state index contributed by atoms with van der Waals surface area (Å²) >= 11 is 0. The van der Waals surface area contributed by atoms with Crippen molar-refractivity contribution >= 4 is 17.4 Å². The fourth-order valence-electron chi connectivity index (χ4n) is 4.30. The summed E-state index contributed by atoms with van der Waals surface area (Å²) in [5.74, 6) is -0.0798. The third kappa shape index (κ3) is 4.69. The number of ether oxygens (including phenoxy) is 1. The molecule has 0 radical (unpaired) electrons. The molecule has 1 fully saturated rings. The number of hydrogen-bond acceptors (Lipinski definition) is 4. The molecule has 0 aliphatic carbocycles. The number of carbonyl (C=O) groups excluding carboxylic acids is 2. The van der Waals surface area contributed by atoms with Crippen LogP contribution in [-0.2, 0) is 16.0 Å². The Balaban J connectivity index is 1.61. The molecule has 0 saturated carbocycles. The number of halogens is 1. The van der Waals surface area contributed by atoms with Crippen molar-refractivity contribution in [2.75, 3.05) is 19.6 Å². The minimum absolute atomic E-state index is 0.0561. The lowest BCUT2D eigenvalue weighted by atomic mass is 10.0. The zero-order valence-corrected chi connectivity index (χ0v) is 18.6. The maximum atomic E-state index is 13.4. The van der Waals surface area contributed by atoms with Crippen molar-refractivity contribution < 1.29 is 18.7 Å². The molecule has 0 unspecified atom stereocenters. The van der Waals surface area contributed by atoms with Crippen LogP contribution in [0.5, 0.6) is 5.75 Å². The van der Waals surface area contributed by atoms with Crippen molar-refractivity contribution in [1.82, 2.24) is 9.80 Å². The average Bonchev–Trinajstić information content (AvgIpc) is 3.04. The number of likely N-dealkylation sites (tertiary alicyclic amines) is 1. The third-order valence-electron chi connectivity index (χ3n) is 5.87. The van der Waals surface area contributed by atoms with E-state index in [2.05, 4.69) is 4.90 Å². The SMILES string of the molecule is CC(C)Oc1ccc(C2=C(N3CCCCC3)C(=O)N(CCc3ccc(F)cc3)C2=O)cc1. The molecule has 32 heavy (non-hydrogen) atoms. The molecule has 2 amide bonds. The van der Waals surface area contributed by atoms with Crippen LogP contribution < -0.4 is 4.74 Å². The normalized spacial score (nSPS) is 17.0. The van der Waals surface area contributed by atoms with Crippen molar-refractivity contribution in [3.63, 3.8) is 0 Å². The van der Waals surface area contributed by atoms with Crippen LogP contribution in [0, 0.1) is 5.82 Å². The van der Waals surface area contributed by atoms with Crippen molar-refractivity contribution in [3.05, 3.63) is 71.2 Å². The Bertz CT molecular complexity index is 1010. The Hall–Kier alpha value is -3.15. The van der Waals surface area contributed by atoms with Crippen molar-refractivity contribution in [3.8, 4) is 5.75 Å². The molecule has 0 atom stereocenters. The Morgan fingerprint density at radius 3 is 2.19 bits per heavy atom. The van der Waals surface area contributed by atoms with Gasteiger partial charge < -0.3 is 9.64 Å². The van der Waals surface area contributed by atoms with Gasteiger partial charge in [0, 0.05) is 19.6 Å². The first-order valence-corrected chi connectivity index (χ1v) is 11.3. The van der Waals surface area contributed by atoms with E-state index in [4.69, 9.17) is 4.74 Å². The van der Waals surface area contributed by atoms with Crippen LogP contribution in [0.25, 0.3) is 5.57 Å². The van der Waals surface area contributed by atoms with Gasteiger partial charge in [-0.15, -0.1) is 0 Å². The van der Waals surface area contributed by atoms with Gasteiger partial charge in [0.25, 0.3) is 11.8 Å². The number of hydrogen-bond donors (Lipinski definition) is 0. The summed E-state index contributed by atoms with van der Waals surface area (Å²) in [6, 6.07) is 13.6. The van der Waals surface area contributed by atoms with Crippen molar-refractivity contribution in [1.29, 1.82) is 0 Å². The standard InChI is InChI=1S/C26H29FN2O3/c1-18(2)32-22-12-8-20(9-13-22)23-24(28-15-4-3-5-16-28)26(31)29(25(23)30)17-14-19-6-10-21(27)11-7-19/h6-13,18H,3-5,14-17H2,1-2H3. The molecule has 0 spiro atoms. The van der Waals surface area contributed by atoms with Crippen LogP contribution in [-0.4, -0.2) is 47.4 Å². The summed E-state index contributed by atoms with van der Waals surface area (Å²) in [6.07, 6.45) is 3.70. The Kier molecular flexibility index (Phi) is 6.58. The summed E-state index contributed by atoms with van der Waals surface area (Å²) in [5, 5.41) is 0. The summed E-state index contributed by atoms with van der Waals surface area (Å²) in [7, 11) is 0. The molecular weight excluding hydrogens is 407 g/mol. The van der Waals surface area contributed by atoms with Crippen LogP contribution in [0.4, 0.5) is 4.39 Å². The van der Waals surface area contributed by atoms with E-state index in [0.717, 1.165) is 49.2 Å². The molecule has 2 aliphatic rings. The maximum absolute atomic E-state index is 13.4. The fourth-order valence-corrected chi connectivity index (χ4v) is 4.30. The molecule has 168 valence electrons. The largest absolute Gasteiger partial charge is 0.491 e. The zero-order valence-electron chi connectivity index (χ0n) is 18.6. The van der Waals surface area contributed by atoms with Gasteiger partial charge in [-0.05, 0) is 74.9 Å². The van der Waals surface area contributed by atoms with Crippen LogP contribution in [0.3, 0.4) is 0 Å². The molecule has 5 nitrogen and oxygen atoms in total. The number of amides is 2. The van der Waals surface area contributed by atoms with E-state index >= 15 is 0 Å². The van der Waals surface area contributed by atoms with Crippen LogP contribution in [0.1, 0.15) is 44.2 Å². The number of imide groups is 1. The number of carbonyl (C=O) groups is 2. The van der Waals surface area contributed by atoms with Crippen LogP contribution in [0.2, 0.25) is 0 Å². The third-order valence-corrected chi connectivity index (χ3v) is 5.87. The Labute approximate surface area is 188 Å². The first-order valence-electron chi connectivity index (χ1n) is 11.3.